The van der Waals surface area contributed by atoms with E-state index in [-0.39, 0.29) is 11.1 Å². The predicted octanol–water partition coefficient (Wildman–Crippen LogP) is 0.853. The molecule has 0 radical (unpaired) electrons. The molecule has 98 valence electrons. The molecule has 1 aromatic carbocycles. The first-order chi connectivity index (χ1) is 8.25. The minimum Gasteiger partial charge on any atom is -0.478 e. The molecule has 0 saturated carbocycles. The smallest absolute Gasteiger partial charge is 0.336 e. The summed E-state index contributed by atoms with van der Waals surface area (Å²) in [5.74, 6) is -2.23. The zero-order valence-electron chi connectivity index (χ0n) is 9.88. The van der Waals surface area contributed by atoms with Crippen molar-refractivity contribution in [3.8, 4) is 0 Å². The maximum absolute atomic E-state index is 11.7. The molecule has 1 amide bonds. The van der Waals surface area contributed by atoms with E-state index in [2.05, 4.69) is 0 Å². The van der Waals surface area contributed by atoms with Crippen LogP contribution >= 0.6 is 0 Å². The minimum absolute atomic E-state index is 0.186. The number of carbonyl (C=O) groups is 2. The monoisotopic (exact) mass is 271 g/mol. The molecule has 1 aromatic rings. The lowest BCUT2D eigenvalue weighted by Gasteiger charge is -2.10. The maximum Gasteiger partial charge on any atom is 0.336 e. The van der Waals surface area contributed by atoms with Gasteiger partial charge in [-0.2, -0.15) is 0 Å². The highest BCUT2D eigenvalue weighted by molar-refractivity contribution is 7.90. The third-order valence-electron chi connectivity index (χ3n) is 2.26. The summed E-state index contributed by atoms with van der Waals surface area (Å²) in [5, 5.41) is 8.11. The molecular weight excluding hydrogens is 258 g/mol. The molecule has 0 aromatic heterocycles. The number of hydrogen-bond donors (Lipinski definition) is 2. The van der Waals surface area contributed by atoms with Crippen molar-refractivity contribution in [3.63, 3.8) is 0 Å². The van der Waals surface area contributed by atoms with Crippen molar-refractivity contribution in [2.75, 3.05) is 0 Å². The van der Waals surface area contributed by atoms with Gasteiger partial charge in [-0.15, -0.1) is 0 Å². The topological polar surface area (TPSA) is 101 Å². The number of nitrogens with one attached hydrogen (secondary N) is 1. The number of carboxylic acids is 1. The number of sulfonamides is 1. The number of carbonyl (C=O) groups excluding carboxylic acids is 1. The summed E-state index contributed by atoms with van der Waals surface area (Å²) in [6.45, 7) is 2.83. The van der Waals surface area contributed by atoms with Crippen LogP contribution in [-0.4, -0.2) is 30.7 Å². The van der Waals surface area contributed by atoms with Gasteiger partial charge in [0.1, 0.15) is 0 Å². The van der Waals surface area contributed by atoms with Gasteiger partial charge in [0, 0.05) is 0 Å². The lowest BCUT2D eigenvalue weighted by molar-refractivity contribution is 0.0691. The van der Waals surface area contributed by atoms with E-state index >= 15 is 0 Å². The molecule has 0 bridgehead atoms. The molecule has 0 heterocycles. The Bertz CT molecular complexity index is 577. The van der Waals surface area contributed by atoms with E-state index in [0.29, 0.717) is 0 Å². The third kappa shape index (κ3) is 3.07. The van der Waals surface area contributed by atoms with Crippen molar-refractivity contribution in [2.45, 2.75) is 19.1 Å². The van der Waals surface area contributed by atoms with Crippen molar-refractivity contribution in [1.82, 2.24) is 4.72 Å². The van der Waals surface area contributed by atoms with E-state index in [1.807, 2.05) is 4.72 Å². The Morgan fingerprint density at radius 3 is 2.11 bits per heavy atom. The van der Waals surface area contributed by atoms with Crippen LogP contribution in [0, 0.1) is 0 Å². The molecule has 18 heavy (non-hydrogen) atoms. The Morgan fingerprint density at radius 1 is 1.17 bits per heavy atom. The zero-order valence-corrected chi connectivity index (χ0v) is 10.7. The van der Waals surface area contributed by atoms with Gasteiger partial charge in [0.15, 0.2) is 0 Å². The van der Waals surface area contributed by atoms with Crippen molar-refractivity contribution in [3.05, 3.63) is 35.4 Å². The van der Waals surface area contributed by atoms with E-state index < -0.39 is 27.1 Å². The molecule has 6 nitrogen and oxygen atoms in total. The summed E-state index contributed by atoms with van der Waals surface area (Å²) < 4.78 is 24.9. The molecule has 0 aliphatic heterocycles. The van der Waals surface area contributed by atoms with Gasteiger partial charge in [-0.25, -0.2) is 17.9 Å². The number of amides is 1. The lowest BCUT2D eigenvalue weighted by Crippen LogP contribution is -2.36. The van der Waals surface area contributed by atoms with E-state index in [9.17, 15) is 18.0 Å². The fraction of sp³-hybridized carbons (Fsp3) is 0.273. The van der Waals surface area contributed by atoms with Crippen LogP contribution in [-0.2, 0) is 10.0 Å². The Kier molecular flexibility index (Phi) is 4.07. The molecule has 0 spiro atoms. The molecule has 0 aliphatic rings. The van der Waals surface area contributed by atoms with Crippen LogP contribution in [0.5, 0.6) is 0 Å². The Balaban J connectivity index is 3.10. The maximum atomic E-state index is 11.7. The quantitative estimate of drug-likeness (QED) is 0.845. The first-order valence-corrected chi connectivity index (χ1v) is 6.68. The first kappa shape index (κ1) is 14.2. The average molecular weight is 271 g/mol. The van der Waals surface area contributed by atoms with E-state index in [0.717, 1.165) is 0 Å². The van der Waals surface area contributed by atoms with Crippen LogP contribution in [0.2, 0.25) is 0 Å². The molecule has 2 N–H and O–H groups in total. The highest BCUT2D eigenvalue weighted by Gasteiger charge is 2.22. The van der Waals surface area contributed by atoms with Crippen molar-refractivity contribution < 1.29 is 23.1 Å². The summed E-state index contributed by atoms with van der Waals surface area (Å²) in [6, 6.07) is 5.41. The molecule has 0 aliphatic carbocycles. The van der Waals surface area contributed by atoms with E-state index in [4.69, 9.17) is 5.11 Å². The summed E-state index contributed by atoms with van der Waals surface area (Å²) in [7, 11) is -3.78. The molecule has 0 saturated heterocycles. The number of hydrogen-bond acceptors (Lipinski definition) is 4. The summed E-state index contributed by atoms with van der Waals surface area (Å²) in [4.78, 5) is 22.6. The van der Waals surface area contributed by atoms with E-state index in [1.165, 1.54) is 38.1 Å². The lowest BCUT2D eigenvalue weighted by atomic mass is 10.1. The van der Waals surface area contributed by atoms with Crippen LogP contribution in [0.4, 0.5) is 0 Å². The van der Waals surface area contributed by atoms with Crippen LogP contribution < -0.4 is 4.72 Å². The fourth-order valence-corrected chi connectivity index (χ4v) is 1.77. The fourth-order valence-electron chi connectivity index (χ4n) is 1.17. The highest BCUT2D eigenvalue weighted by atomic mass is 32.2. The third-order valence-corrected chi connectivity index (χ3v) is 3.97. The molecule has 0 unspecified atom stereocenters. The molecule has 0 fully saturated rings. The standard InChI is InChI=1S/C11H13NO5S/c1-7(2)18(16,17)12-10(13)8-5-3-4-6-9(8)11(14)15/h3-7H,1-2H3,(H,12,13)(H,14,15). The number of aromatic carboxylic acids is 1. The van der Waals surface area contributed by atoms with E-state index in [1.54, 1.807) is 0 Å². The average Bonchev–Trinajstić information content (AvgIpc) is 2.28. The molecule has 0 atom stereocenters. The van der Waals surface area contributed by atoms with Crippen LogP contribution in [0.3, 0.4) is 0 Å². The van der Waals surface area contributed by atoms with Gasteiger partial charge >= 0.3 is 5.97 Å². The summed E-state index contributed by atoms with van der Waals surface area (Å²) >= 11 is 0. The van der Waals surface area contributed by atoms with Gasteiger partial charge < -0.3 is 5.11 Å². The Hall–Kier alpha value is -1.89. The van der Waals surface area contributed by atoms with Gasteiger partial charge in [0.25, 0.3) is 5.91 Å². The number of benzene rings is 1. The first-order valence-electron chi connectivity index (χ1n) is 5.14. The number of rotatable bonds is 4. The minimum atomic E-state index is -3.78. The zero-order chi connectivity index (χ0) is 13.9. The Morgan fingerprint density at radius 2 is 1.67 bits per heavy atom. The highest BCUT2D eigenvalue weighted by Crippen LogP contribution is 2.09. The second kappa shape index (κ2) is 5.18. The van der Waals surface area contributed by atoms with Crippen molar-refractivity contribution >= 4 is 21.9 Å². The summed E-state index contributed by atoms with van der Waals surface area (Å²) in [5.41, 5.74) is -0.428. The van der Waals surface area contributed by atoms with Crippen molar-refractivity contribution in [2.24, 2.45) is 0 Å². The van der Waals surface area contributed by atoms with Gasteiger partial charge in [0.05, 0.1) is 16.4 Å². The molecule has 7 heteroatoms. The van der Waals surface area contributed by atoms with Crippen LogP contribution in [0.1, 0.15) is 34.6 Å². The normalized spacial score (nSPS) is 11.3. The van der Waals surface area contributed by atoms with Gasteiger partial charge in [-0.1, -0.05) is 12.1 Å². The predicted molar refractivity (Wildman–Crippen MR) is 64.9 cm³/mol. The largest absolute Gasteiger partial charge is 0.478 e. The number of carboxylic acid groups (broad SMARTS) is 1. The molecular formula is C11H13NO5S. The second-order valence-electron chi connectivity index (χ2n) is 3.88. The van der Waals surface area contributed by atoms with Crippen LogP contribution in [0.15, 0.2) is 24.3 Å². The second-order valence-corrected chi connectivity index (χ2v) is 6.11. The summed E-state index contributed by atoms with van der Waals surface area (Å²) in [6.07, 6.45) is 0. The van der Waals surface area contributed by atoms with Gasteiger partial charge in [0.2, 0.25) is 10.0 Å². The Labute approximate surface area is 105 Å². The van der Waals surface area contributed by atoms with Gasteiger partial charge in [-0.05, 0) is 26.0 Å². The SMILES string of the molecule is CC(C)S(=O)(=O)NC(=O)c1ccccc1C(=O)O. The van der Waals surface area contributed by atoms with Crippen LogP contribution in [0.25, 0.3) is 0 Å². The van der Waals surface area contributed by atoms with Crippen molar-refractivity contribution in [1.29, 1.82) is 0 Å². The van der Waals surface area contributed by atoms with Gasteiger partial charge in [-0.3, -0.25) is 4.79 Å². The molecule has 1 rings (SSSR count).